The molecule has 0 fully saturated rings. The molecule has 6 heteroatoms. The summed E-state index contributed by atoms with van der Waals surface area (Å²) in [6.07, 6.45) is 0. The first-order valence-corrected chi connectivity index (χ1v) is 6.58. The number of rotatable bonds is 6. The van der Waals surface area contributed by atoms with Crippen LogP contribution in [0, 0.1) is 0 Å². The lowest BCUT2D eigenvalue weighted by Crippen LogP contribution is -2.12. The summed E-state index contributed by atoms with van der Waals surface area (Å²) in [4.78, 5) is 18.8. The van der Waals surface area contributed by atoms with E-state index in [1.807, 2.05) is 6.92 Å². The lowest BCUT2D eigenvalue weighted by molar-refractivity contribution is 0.128. The first kappa shape index (κ1) is 15.1. The van der Waals surface area contributed by atoms with Crippen LogP contribution in [0.15, 0.2) is 29.1 Å². The standard InChI is InChI=1S/C15H18N2O4/c1-4-21-9-14-16-12(8-15(18)17-14)11-7-10(19-2)5-6-13(11)20-3/h5-8H,4,9H2,1-3H3,(H,16,17,18). The van der Waals surface area contributed by atoms with Crippen LogP contribution < -0.4 is 15.0 Å². The molecule has 112 valence electrons. The number of hydrogen-bond donors (Lipinski definition) is 1. The lowest BCUT2D eigenvalue weighted by atomic mass is 10.1. The molecular formula is C15H18N2O4. The highest BCUT2D eigenvalue weighted by molar-refractivity contribution is 5.68. The van der Waals surface area contributed by atoms with Crippen molar-refractivity contribution in [3.63, 3.8) is 0 Å². The largest absolute Gasteiger partial charge is 0.497 e. The van der Waals surface area contributed by atoms with Crippen molar-refractivity contribution in [1.29, 1.82) is 0 Å². The molecule has 0 radical (unpaired) electrons. The van der Waals surface area contributed by atoms with Gasteiger partial charge in [-0.05, 0) is 25.1 Å². The number of nitrogens with zero attached hydrogens (tertiary/aromatic N) is 1. The molecule has 0 saturated carbocycles. The Morgan fingerprint density at radius 1 is 1.19 bits per heavy atom. The Morgan fingerprint density at radius 3 is 2.67 bits per heavy atom. The second-order valence-electron chi connectivity index (χ2n) is 4.28. The van der Waals surface area contributed by atoms with Crippen LogP contribution in [0.2, 0.25) is 0 Å². The number of aromatic amines is 1. The molecule has 0 atom stereocenters. The van der Waals surface area contributed by atoms with Crippen molar-refractivity contribution in [3.05, 3.63) is 40.4 Å². The maximum atomic E-state index is 11.8. The van der Waals surface area contributed by atoms with Gasteiger partial charge in [0.05, 0.1) is 19.9 Å². The van der Waals surface area contributed by atoms with Gasteiger partial charge in [-0.25, -0.2) is 4.98 Å². The minimum atomic E-state index is -0.237. The van der Waals surface area contributed by atoms with Crippen LogP contribution in [-0.4, -0.2) is 30.8 Å². The van der Waals surface area contributed by atoms with Crippen molar-refractivity contribution in [2.24, 2.45) is 0 Å². The predicted molar refractivity (Wildman–Crippen MR) is 78.7 cm³/mol. The average Bonchev–Trinajstić information content (AvgIpc) is 2.51. The van der Waals surface area contributed by atoms with Gasteiger partial charge in [-0.2, -0.15) is 0 Å². The normalized spacial score (nSPS) is 10.4. The van der Waals surface area contributed by atoms with Gasteiger partial charge in [0.25, 0.3) is 5.56 Å². The molecule has 1 aromatic heterocycles. The number of hydrogen-bond acceptors (Lipinski definition) is 5. The molecule has 21 heavy (non-hydrogen) atoms. The van der Waals surface area contributed by atoms with Crippen molar-refractivity contribution in [2.75, 3.05) is 20.8 Å². The molecule has 0 aliphatic carbocycles. The van der Waals surface area contributed by atoms with Gasteiger partial charge in [0, 0.05) is 18.2 Å². The monoisotopic (exact) mass is 290 g/mol. The Bertz CT molecular complexity index is 667. The first-order valence-electron chi connectivity index (χ1n) is 6.58. The van der Waals surface area contributed by atoms with Gasteiger partial charge in [0.15, 0.2) is 0 Å². The second kappa shape index (κ2) is 6.90. The van der Waals surface area contributed by atoms with Gasteiger partial charge in [-0.1, -0.05) is 0 Å². The van der Waals surface area contributed by atoms with Crippen molar-refractivity contribution in [3.8, 4) is 22.8 Å². The Hall–Kier alpha value is -2.34. The van der Waals surface area contributed by atoms with Crippen molar-refractivity contribution >= 4 is 0 Å². The number of H-pyrrole nitrogens is 1. The zero-order valence-corrected chi connectivity index (χ0v) is 12.3. The van der Waals surface area contributed by atoms with E-state index in [2.05, 4.69) is 9.97 Å². The molecule has 2 aromatic rings. The SMILES string of the molecule is CCOCc1nc(-c2cc(OC)ccc2OC)cc(=O)[nH]1. The van der Waals surface area contributed by atoms with Gasteiger partial charge >= 0.3 is 0 Å². The zero-order chi connectivity index (χ0) is 15.2. The van der Waals surface area contributed by atoms with E-state index in [0.29, 0.717) is 35.2 Å². The number of aromatic nitrogens is 2. The minimum Gasteiger partial charge on any atom is -0.497 e. The van der Waals surface area contributed by atoms with Gasteiger partial charge in [0.2, 0.25) is 0 Å². The van der Waals surface area contributed by atoms with Crippen molar-refractivity contribution in [2.45, 2.75) is 13.5 Å². The average molecular weight is 290 g/mol. The summed E-state index contributed by atoms with van der Waals surface area (Å²) in [5.74, 6) is 1.76. The predicted octanol–water partition coefficient (Wildman–Crippen LogP) is 1.99. The quantitative estimate of drug-likeness (QED) is 0.880. The maximum absolute atomic E-state index is 11.8. The first-order chi connectivity index (χ1) is 10.2. The lowest BCUT2D eigenvalue weighted by Gasteiger charge is -2.10. The van der Waals surface area contributed by atoms with Gasteiger partial charge in [-0.3, -0.25) is 4.79 Å². The van der Waals surface area contributed by atoms with Crippen LogP contribution in [-0.2, 0) is 11.3 Å². The summed E-state index contributed by atoms with van der Waals surface area (Å²) in [5, 5.41) is 0. The third-order valence-electron chi connectivity index (χ3n) is 2.92. The fraction of sp³-hybridized carbons (Fsp3) is 0.333. The molecule has 1 aromatic carbocycles. The number of ether oxygens (including phenoxy) is 3. The minimum absolute atomic E-state index is 0.237. The third kappa shape index (κ3) is 3.61. The highest BCUT2D eigenvalue weighted by Crippen LogP contribution is 2.31. The fourth-order valence-electron chi connectivity index (χ4n) is 1.93. The van der Waals surface area contributed by atoms with Crippen LogP contribution in [0.3, 0.4) is 0 Å². The zero-order valence-electron chi connectivity index (χ0n) is 12.3. The van der Waals surface area contributed by atoms with Crippen LogP contribution in [0.25, 0.3) is 11.3 Å². The van der Waals surface area contributed by atoms with E-state index in [4.69, 9.17) is 14.2 Å². The van der Waals surface area contributed by atoms with Gasteiger partial charge < -0.3 is 19.2 Å². The summed E-state index contributed by atoms with van der Waals surface area (Å²) in [5.41, 5.74) is 0.976. The molecule has 6 nitrogen and oxygen atoms in total. The van der Waals surface area contributed by atoms with Crippen LogP contribution in [0.4, 0.5) is 0 Å². The molecule has 0 saturated heterocycles. The van der Waals surface area contributed by atoms with E-state index in [9.17, 15) is 4.79 Å². The van der Waals surface area contributed by atoms with Crippen molar-refractivity contribution < 1.29 is 14.2 Å². The van der Waals surface area contributed by atoms with E-state index in [1.54, 1.807) is 32.4 Å². The smallest absolute Gasteiger partial charge is 0.251 e. The summed E-state index contributed by atoms with van der Waals surface area (Å²) < 4.78 is 15.8. The second-order valence-corrected chi connectivity index (χ2v) is 4.28. The molecule has 2 rings (SSSR count). The molecule has 0 bridgehead atoms. The Labute approximate surface area is 122 Å². The Balaban J connectivity index is 2.49. The topological polar surface area (TPSA) is 73.4 Å². The molecule has 0 amide bonds. The van der Waals surface area contributed by atoms with Crippen molar-refractivity contribution in [1.82, 2.24) is 9.97 Å². The molecule has 1 N–H and O–H groups in total. The molecule has 0 spiro atoms. The van der Waals surface area contributed by atoms with E-state index in [-0.39, 0.29) is 12.2 Å². The number of methoxy groups -OCH3 is 2. The van der Waals surface area contributed by atoms with Crippen LogP contribution in [0.1, 0.15) is 12.7 Å². The highest BCUT2D eigenvalue weighted by Gasteiger charge is 2.11. The highest BCUT2D eigenvalue weighted by atomic mass is 16.5. The fourth-order valence-corrected chi connectivity index (χ4v) is 1.93. The van der Waals surface area contributed by atoms with E-state index >= 15 is 0 Å². The molecular weight excluding hydrogens is 272 g/mol. The number of nitrogens with one attached hydrogen (secondary N) is 1. The maximum Gasteiger partial charge on any atom is 0.251 e. The number of benzene rings is 1. The molecule has 1 heterocycles. The van der Waals surface area contributed by atoms with Gasteiger partial charge in [0.1, 0.15) is 23.9 Å². The molecule has 0 unspecified atom stereocenters. The van der Waals surface area contributed by atoms with Crippen LogP contribution in [0.5, 0.6) is 11.5 Å². The molecule has 0 aliphatic rings. The van der Waals surface area contributed by atoms with E-state index < -0.39 is 0 Å². The summed E-state index contributed by atoms with van der Waals surface area (Å²) in [6, 6.07) is 6.77. The summed E-state index contributed by atoms with van der Waals surface area (Å²) >= 11 is 0. The van der Waals surface area contributed by atoms with Crippen LogP contribution >= 0.6 is 0 Å². The summed E-state index contributed by atoms with van der Waals surface area (Å²) in [6.45, 7) is 2.69. The van der Waals surface area contributed by atoms with Gasteiger partial charge in [-0.15, -0.1) is 0 Å². The van der Waals surface area contributed by atoms with E-state index in [1.165, 1.54) is 6.07 Å². The summed E-state index contributed by atoms with van der Waals surface area (Å²) in [7, 11) is 3.15. The van der Waals surface area contributed by atoms with E-state index in [0.717, 1.165) is 0 Å². The Morgan fingerprint density at radius 2 is 2.00 bits per heavy atom. The molecule has 0 aliphatic heterocycles. The third-order valence-corrected chi connectivity index (χ3v) is 2.92. The Kier molecular flexibility index (Phi) is 4.94.